The quantitative estimate of drug-likeness (QED) is 0.182. The summed E-state index contributed by atoms with van der Waals surface area (Å²) in [6.07, 6.45) is 3.34. The summed E-state index contributed by atoms with van der Waals surface area (Å²) in [5.41, 5.74) is 1.25. The Balaban J connectivity index is 1.77. The highest BCUT2D eigenvalue weighted by Crippen LogP contribution is 2.38. The summed E-state index contributed by atoms with van der Waals surface area (Å²) >= 11 is 1.46. The lowest BCUT2D eigenvalue weighted by atomic mass is 9.97. The summed E-state index contributed by atoms with van der Waals surface area (Å²) in [5.74, 6) is -0.873. The third-order valence-corrected chi connectivity index (χ3v) is 9.41. The fourth-order valence-corrected chi connectivity index (χ4v) is 6.97. The van der Waals surface area contributed by atoms with Crippen molar-refractivity contribution in [1.82, 2.24) is 0 Å². The topological polar surface area (TPSA) is 89.9 Å². The number of benzene rings is 3. The van der Waals surface area contributed by atoms with E-state index in [0.717, 1.165) is 24.2 Å². The van der Waals surface area contributed by atoms with E-state index in [0.29, 0.717) is 17.9 Å². The average Bonchev–Trinajstić information content (AvgIpc) is 2.91. The Hall–Kier alpha value is -2.97. The Morgan fingerprint density at radius 3 is 2.14 bits per heavy atom. The molecule has 198 valence electrons. The zero-order valence-electron chi connectivity index (χ0n) is 21.2. The van der Waals surface area contributed by atoms with E-state index in [1.54, 1.807) is 50.6 Å². The van der Waals surface area contributed by atoms with Gasteiger partial charge in [-0.05, 0) is 61.6 Å². The summed E-state index contributed by atoms with van der Waals surface area (Å²) in [7, 11) is -0.464. The molecule has 0 fully saturated rings. The maximum atomic E-state index is 12.9. The SMILES string of the molecule is COc1ccc(SC(CCCCc2ccccc2)C(CCS(=O)(=O)c2ccccc2)C(=O)O)cc1OC. The van der Waals surface area contributed by atoms with Crippen LogP contribution in [0.25, 0.3) is 0 Å². The van der Waals surface area contributed by atoms with E-state index in [1.807, 2.05) is 30.3 Å². The Morgan fingerprint density at radius 2 is 1.51 bits per heavy atom. The molecule has 0 aliphatic rings. The Bertz CT molecular complexity index is 1230. The maximum Gasteiger partial charge on any atom is 0.307 e. The second kappa shape index (κ2) is 14.1. The summed E-state index contributed by atoms with van der Waals surface area (Å²) in [6.45, 7) is 0. The van der Waals surface area contributed by atoms with E-state index in [9.17, 15) is 18.3 Å². The number of unbranched alkanes of at least 4 members (excludes halogenated alkanes) is 1. The number of carboxylic acid groups (broad SMARTS) is 1. The number of aryl methyl sites for hydroxylation is 1. The largest absolute Gasteiger partial charge is 0.493 e. The van der Waals surface area contributed by atoms with Gasteiger partial charge in [0.1, 0.15) is 0 Å². The molecular formula is C29H34O6S2. The molecule has 6 nitrogen and oxygen atoms in total. The Kier molecular flexibility index (Phi) is 10.9. The number of ether oxygens (including phenoxy) is 2. The van der Waals surface area contributed by atoms with Gasteiger partial charge in [-0.1, -0.05) is 55.0 Å². The van der Waals surface area contributed by atoms with Crippen LogP contribution in [0.5, 0.6) is 11.5 Å². The lowest BCUT2D eigenvalue weighted by Gasteiger charge is -2.24. The van der Waals surface area contributed by atoms with Crippen LogP contribution in [0.2, 0.25) is 0 Å². The van der Waals surface area contributed by atoms with Gasteiger partial charge in [0.15, 0.2) is 21.3 Å². The van der Waals surface area contributed by atoms with Crippen LogP contribution in [0.4, 0.5) is 0 Å². The molecular weight excluding hydrogens is 508 g/mol. The second-order valence-electron chi connectivity index (χ2n) is 8.77. The van der Waals surface area contributed by atoms with Crippen LogP contribution in [0.3, 0.4) is 0 Å². The predicted molar refractivity (Wildman–Crippen MR) is 147 cm³/mol. The van der Waals surface area contributed by atoms with Gasteiger partial charge in [0, 0.05) is 10.1 Å². The number of thioether (sulfide) groups is 1. The zero-order valence-corrected chi connectivity index (χ0v) is 22.8. The van der Waals surface area contributed by atoms with E-state index in [4.69, 9.17) is 9.47 Å². The van der Waals surface area contributed by atoms with E-state index in [2.05, 4.69) is 12.1 Å². The number of aliphatic carboxylic acids is 1. The van der Waals surface area contributed by atoms with Gasteiger partial charge in [-0.2, -0.15) is 0 Å². The van der Waals surface area contributed by atoms with Crippen LogP contribution in [-0.2, 0) is 21.1 Å². The van der Waals surface area contributed by atoms with Crippen LogP contribution in [-0.4, -0.2) is 44.7 Å². The van der Waals surface area contributed by atoms with Gasteiger partial charge in [0.05, 0.1) is 30.8 Å². The third-order valence-electron chi connectivity index (χ3n) is 6.26. The molecule has 0 aliphatic heterocycles. The van der Waals surface area contributed by atoms with Crippen LogP contribution >= 0.6 is 11.8 Å². The van der Waals surface area contributed by atoms with Gasteiger partial charge in [-0.25, -0.2) is 8.42 Å². The molecule has 3 aromatic carbocycles. The van der Waals surface area contributed by atoms with Crippen LogP contribution in [0.1, 0.15) is 31.2 Å². The molecule has 0 heterocycles. The highest BCUT2D eigenvalue weighted by molar-refractivity contribution is 8.00. The van der Waals surface area contributed by atoms with Crippen molar-refractivity contribution in [1.29, 1.82) is 0 Å². The molecule has 3 rings (SSSR count). The molecule has 3 aromatic rings. The van der Waals surface area contributed by atoms with Gasteiger partial charge in [0.25, 0.3) is 0 Å². The Labute approximate surface area is 223 Å². The number of hydrogen-bond acceptors (Lipinski definition) is 6. The molecule has 0 amide bonds. The maximum absolute atomic E-state index is 12.9. The van der Waals surface area contributed by atoms with Gasteiger partial charge in [0.2, 0.25) is 0 Å². The number of sulfone groups is 1. The molecule has 2 atom stereocenters. The number of carboxylic acids is 1. The molecule has 2 unspecified atom stereocenters. The normalized spacial score (nSPS) is 13.0. The molecule has 1 N–H and O–H groups in total. The average molecular weight is 543 g/mol. The molecule has 37 heavy (non-hydrogen) atoms. The zero-order chi connectivity index (χ0) is 26.7. The lowest BCUT2D eigenvalue weighted by molar-refractivity contribution is -0.141. The lowest BCUT2D eigenvalue weighted by Crippen LogP contribution is -2.28. The van der Waals surface area contributed by atoms with E-state index in [-0.39, 0.29) is 22.3 Å². The van der Waals surface area contributed by atoms with Gasteiger partial charge < -0.3 is 14.6 Å². The summed E-state index contributed by atoms with van der Waals surface area (Å²) in [6, 6.07) is 23.9. The molecule has 0 spiro atoms. The molecule has 8 heteroatoms. The molecule has 0 bridgehead atoms. The van der Waals surface area contributed by atoms with Crippen LogP contribution in [0.15, 0.2) is 88.7 Å². The van der Waals surface area contributed by atoms with Crippen LogP contribution < -0.4 is 9.47 Å². The van der Waals surface area contributed by atoms with Crippen LogP contribution in [0, 0.1) is 5.92 Å². The predicted octanol–water partition coefficient (Wildman–Crippen LogP) is 6.14. The van der Waals surface area contributed by atoms with Crippen molar-refractivity contribution < 1.29 is 27.8 Å². The molecule has 0 radical (unpaired) electrons. The first-order valence-corrected chi connectivity index (χ1v) is 14.8. The van der Waals surface area contributed by atoms with E-state index in [1.165, 1.54) is 17.3 Å². The van der Waals surface area contributed by atoms with Crippen molar-refractivity contribution in [2.24, 2.45) is 5.92 Å². The monoisotopic (exact) mass is 542 g/mol. The van der Waals surface area contributed by atoms with Crippen molar-refractivity contribution in [3.63, 3.8) is 0 Å². The summed E-state index contributed by atoms with van der Waals surface area (Å²) in [4.78, 5) is 13.5. The molecule has 0 aromatic heterocycles. The van der Waals surface area contributed by atoms with Crippen molar-refractivity contribution in [2.75, 3.05) is 20.0 Å². The first kappa shape index (κ1) is 28.6. The van der Waals surface area contributed by atoms with Gasteiger partial charge in [-0.15, -0.1) is 11.8 Å². The minimum atomic E-state index is -3.59. The second-order valence-corrected chi connectivity index (χ2v) is 12.2. The minimum Gasteiger partial charge on any atom is -0.493 e. The highest BCUT2D eigenvalue weighted by Gasteiger charge is 2.31. The number of hydrogen-bond donors (Lipinski definition) is 1. The third kappa shape index (κ3) is 8.54. The number of methoxy groups -OCH3 is 2. The van der Waals surface area contributed by atoms with Gasteiger partial charge >= 0.3 is 5.97 Å². The van der Waals surface area contributed by atoms with E-state index < -0.39 is 21.7 Å². The summed E-state index contributed by atoms with van der Waals surface area (Å²) < 4.78 is 36.5. The Morgan fingerprint density at radius 1 is 0.865 bits per heavy atom. The first-order valence-electron chi connectivity index (χ1n) is 12.3. The smallest absolute Gasteiger partial charge is 0.307 e. The summed E-state index contributed by atoms with van der Waals surface area (Å²) in [5, 5.41) is 9.85. The number of rotatable bonds is 15. The van der Waals surface area contributed by atoms with E-state index >= 15 is 0 Å². The number of carbonyl (C=O) groups is 1. The van der Waals surface area contributed by atoms with Gasteiger partial charge in [-0.3, -0.25) is 4.79 Å². The molecule has 0 aliphatic carbocycles. The van der Waals surface area contributed by atoms with Crippen molar-refractivity contribution in [3.05, 3.63) is 84.4 Å². The van der Waals surface area contributed by atoms with Crippen molar-refractivity contribution in [2.45, 2.75) is 47.1 Å². The molecule has 0 saturated heterocycles. The minimum absolute atomic E-state index is 0.0379. The van der Waals surface area contributed by atoms with Crippen molar-refractivity contribution >= 4 is 27.6 Å². The fourth-order valence-electron chi connectivity index (χ4n) is 4.22. The van der Waals surface area contributed by atoms with Crippen molar-refractivity contribution in [3.8, 4) is 11.5 Å². The highest BCUT2D eigenvalue weighted by atomic mass is 32.2. The first-order chi connectivity index (χ1) is 17.8. The molecule has 0 saturated carbocycles. The fraction of sp³-hybridized carbons (Fsp3) is 0.345. The standard InChI is InChI=1S/C29H34O6S2/c1-34-26-18-17-23(21-27(26)35-2)36-28(16-10-9-13-22-11-5-3-6-12-22)25(29(30)31)19-20-37(32,33)24-14-7-4-8-15-24/h3-8,11-12,14-15,17-18,21,25,28H,9-10,13,16,19-20H2,1-2H3,(H,30,31).